The average molecular weight is 536 g/mol. The lowest BCUT2D eigenvalue weighted by Gasteiger charge is -2.09. The molecule has 4 rings (SSSR count). The summed E-state index contributed by atoms with van der Waals surface area (Å²) in [5.41, 5.74) is 5.36. The first-order valence-electron chi connectivity index (χ1n) is 10.5. The Hall–Kier alpha value is -3.43. The quantitative estimate of drug-likeness (QED) is 0.184. The van der Waals surface area contributed by atoms with Gasteiger partial charge in [-0.2, -0.15) is 5.10 Å². The van der Waals surface area contributed by atoms with Gasteiger partial charge >= 0.3 is 0 Å². The van der Waals surface area contributed by atoms with Crippen LogP contribution in [0.2, 0.25) is 0 Å². The first kappa shape index (κ1) is 23.7. The molecule has 7 nitrogen and oxygen atoms in total. The lowest BCUT2D eigenvalue weighted by atomic mass is 10.2. The second kappa shape index (κ2) is 11.6. The summed E-state index contributed by atoms with van der Waals surface area (Å²) in [5, 5.41) is 13.2. The molecule has 1 amide bonds. The van der Waals surface area contributed by atoms with Crippen molar-refractivity contribution in [1.82, 2.24) is 20.2 Å². The Bertz CT molecular complexity index is 1280. The molecule has 0 bridgehead atoms. The summed E-state index contributed by atoms with van der Waals surface area (Å²) in [6.45, 7) is 0.434. The Kier molecular flexibility index (Phi) is 8.11. The van der Waals surface area contributed by atoms with Crippen LogP contribution in [0.15, 0.2) is 93.6 Å². The summed E-state index contributed by atoms with van der Waals surface area (Å²) in [5.74, 6) is 1.37. The molecule has 0 aliphatic heterocycles. The molecule has 4 aromatic rings. The third kappa shape index (κ3) is 6.33. The molecule has 172 valence electrons. The van der Waals surface area contributed by atoms with Gasteiger partial charge in [-0.25, -0.2) is 5.43 Å². The van der Waals surface area contributed by atoms with Crippen LogP contribution in [0, 0.1) is 0 Å². The number of carbonyl (C=O) groups is 1. The minimum atomic E-state index is -0.237. The Morgan fingerprint density at radius 2 is 1.79 bits per heavy atom. The van der Waals surface area contributed by atoms with Gasteiger partial charge in [0.25, 0.3) is 5.91 Å². The molecular weight excluding hydrogens is 514 g/mol. The fourth-order valence-electron chi connectivity index (χ4n) is 3.08. The van der Waals surface area contributed by atoms with E-state index < -0.39 is 0 Å². The summed E-state index contributed by atoms with van der Waals surface area (Å²) in [7, 11) is 1.88. The van der Waals surface area contributed by atoms with Crippen molar-refractivity contribution in [3.63, 3.8) is 0 Å². The number of hydrogen-bond donors (Lipinski definition) is 1. The molecule has 0 aliphatic carbocycles. The van der Waals surface area contributed by atoms with Crippen molar-refractivity contribution < 1.29 is 9.53 Å². The van der Waals surface area contributed by atoms with Crippen LogP contribution in [0.3, 0.4) is 0 Å². The summed E-state index contributed by atoms with van der Waals surface area (Å²) >= 11 is 4.73. The van der Waals surface area contributed by atoms with E-state index in [9.17, 15) is 4.79 Å². The molecule has 0 saturated carbocycles. The molecule has 1 N–H and O–H groups in total. The lowest BCUT2D eigenvalue weighted by Crippen LogP contribution is -2.20. The molecule has 0 saturated heterocycles. The normalized spacial score (nSPS) is 11.0. The molecule has 0 atom stereocenters. The van der Waals surface area contributed by atoms with E-state index in [0.29, 0.717) is 17.5 Å². The van der Waals surface area contributed by atoms with Gasteiger partial charge in [-0.1, -0.05) is 82.3 Å². The summed E-state index contributed by atoms with van der Waals surface area (Å²) in [6.07, 6.45) is 1.58. The molecular formula is C25H22BrN5O2S. The zero-order valence-corrected chi connectivity index (χ0v) is 20.8. The number of hydrogen-bond acceptors (Lipinski definition) is 6. The van der Waals surface area contributed by atoms with Gasteiger partial charge in [0.1, 0.15) is 12.4 Å². The third-order valence-electron chi connectivity index (χ3n) is 4.82. The van der Waals surface area contributed by atoms with Gasteiger partial charge in [0.05, 0.1) is 12.0 Å². The number of thioether (sulfide) groups is 1. The van der Waals surface area contributed by atoms with E-state index in [0.717, 1.165) is 27.0 Å². The predicted molar refractivity (Wildman–Crippen MR) is 138 cm³/mol. The highest BCUT2D eigenvalue weighted by molar-refractivity contribution is 9.10. The van der Waals surface area contributed by atoms with Crippen LogP contribution in [0.4, 0.5) is 0 Å². The van der Waals surface area contributed by atoms with E-state index in [2.05, 4.69) is 36.7 Å². The van der Waals surface area contributed by atoms with E-state index in [-0.39, 0.29) is 11.7 Å². The highest BCUT2D eigenvalue weighted by Gasteiger charge is 2.12. The molecule has 0 aliphatic rings. The fraction of sp³-hybridized carbons (Fsp3) is 0.120. The minimum absolute atomic E-state index is 0.166. The number of para-hydroxylation sites is 1. The van der Waals surface area contributed by atoms with E-state index in [1.165, 1.54) is 11.8 Å². The number of amides is 1. The molecule has 0 fully saturated rings. The second-order valence-corrected chi connectivity index (χ2v) is 9.12. The minimum Gasteiger partial charge on any atom is -0.488 e. The van der Waals surface area contributed by atoms with E-state index in [1.54, 1.807) is 6.21 Å². The number of rotatable bonds is 9. The van der Waals surface area contributed by atoms with Crippen LogP contribution in [0.25, 0.3) is 11.4 Å². The van der Waals surface area contributed by atoms with Crippen LogP contribution in [0.1, 0.15) is 11.1 Å². The van der Waals surface area contributed by atoms with E-state index in [4.69, 9.17) is 4.74 Å². The number of aromatic nitrogens is 3. The molecule has 34 heavy (non-hydrogen) atoms. The van der Waals surface area contributed by atoms with Gasteiger partial charge in [0.15, 0.2) is 11.0 Å². The monoisotopic (exact) mass is 535 g/mol. The van der Waals surface area contributed by atoms with Crippen molar-refractivity contribution in [2.75, 3.05) is 5.75 Å². The third-order valence-corrected chi connectivity index (χ3v) is 6.37. The van der Waals surface area contributed by atoms with Crippen LogP contribution in [-0.2, 0) is 18.4 Å². The molecule has 1 heterocycles. The largest absolute Gasteiger partial charge is 0.488 e. The Balaban J connectivity index is 1.30. The van der Waals surface area contributed by atoms with Gasteiger partial charge in [0.2, 0.25) is 0 Å². The molecule has 9 heteroatoms. The number of nitrogens with one attached hydrogen (secondary N) is 1. The van der Waals surface area contributed by atoms with Crippen LogP contribution in [0.5, 0.6) is 5.75 Å². The summed E-state index contributed by atoms with van der Waals surface area (Å²) in [4.78, 5) is 12.3. The topological polar surface area (TPSA) is 81.4 Å². The van der Waals surface area contributed by atoms with Crippen LogP contribution in [-0.4, -0.2) is 32.6 Å². The fourth-order valence-corrected chi connectivity index (χ4v) is 4.04. The van der Waals surface area contributed by atoms with Crippen molar-refractivity contribution >= 4 is 39.8 Å². The van der Waals surface area contributed by atoms with E-state index in [1.807, 2.05) is 90.5 Å². The zero-order valence-electron chi connectivity index (χ0n) is 18.4. The van der Waals surface area contributed by atoms with Crippen molar-refractivity contribution in [2.24, 2.45) is 12.1 Å². The Labute approximate surface area is 210 Å². The number of carbonyl (C=O) groups excluding carboxylic acids is 1. The summed E-state index contributed by atoms with van der Waals surface area (Å²) < 4.78 is 8.83. The number of hydrazone groups is 1. The van der Waals surface area contributed by atoms with Crippen molar-refractivity contribution in [2.45, 2.75) is 11.8 Å². The van der Waals surface area contributed by atoms with Gasteiger partial charge < -0.3 is 9.30 Å². The zero-order chi connectivity index (χ0) is 23.8. The molecule has 0 radical (unpaired) electrons. The Morgan fingerprint density at radius 1 is 1.06 bits per heavy atom. The highest BCUT2D eigenvalue weighted by Crippen LogP contribution is 2.22. The first-order valence-corrected chi connectivity index (χ1v) is 12.2. The first-order chi connectivity index (χ1) is 16.6. The molecule has 0 spiro atoms. The Morgan fingerprint density at radius 3 is 2.59 bits per heavy atom. The maximum atomic E-state index is 12.3. The highest BCUT2D eigenvalue weighted by atomic mass is 79.9. The van der Waals surface area contributed by atoms with Gasteiger partial charge in [0, 0.05) is 22.6 Å². The van der Waals surface area contributed by atoms with Crippen LogP contribution < -0.4 is 10.2 Å². The van der Waals surface area contributed by atoms with E-state index >= 15 is 0 Å². The van der Waals surface area contributed by atoms with Gasteiger partial charge in [-0.15, -0.1) is 10.2 Å². The van der Waals surface area contributed by atoms with Crippen molar-refractivity contribution in [3.05, 3.63) is 94.5 Å². The molecule has 0 unspecified atom stereocenters. The predicted octanol–water partition coefficient (Wildman–Crippen LogP) is 5.07. The second-order valence-electron chi connectivity index (χ2n) is 7.27. The van der Waals surface area contributed by atoms with Crippen LogP contribution >= 0.6 is 27.7 Å². The van der Waals surface area contributed by atoms with Crippen molar-refractivity contribution in [3.8, 4) is 17.1 Å². The number of benzene rings is 3. The molecule has 3 aromatic carbocycles. The smallest absolute Gasteiger partial charge is 0.250 e. The van der Waals surface area contributed by atoms with Gasteiger partial charge in [-0.05, 0) is 29.8 Å². The summed E-state index contributed by atoms with van der Waals surface area (Å²) in [6, 6.07) is 25.3. The lowest BCUT2D eigenvalue weighted by molar-refractivity contribution is -0.118. The average Bonchev–Trinajstić information content (AvgIpc) is 3.24. The maximum Gasteiger partial charge on any atom is 0.250 e. The maximum absolute atomic E-state index is 12.3. The standard InChI is InChI=1S/C25H22BrN5O2S/c1-31-24(19-7-3-2-4-8-19)29-30-25(31)34-17-23(32)28-27-15-20-9-5-6-10-22(20)33-16-18-11-13-21(26)14-12-18/h2-15H,16-17H2,1H3,(H,28,32). The van der Waals surface area contributed by atoms with Crippen molar-refractivity contribution in [1.29, 1.82) is 0 Å². The number of halogens is 1. The molecule has 1 aromatic heterocycles. The van der Waals surface area contributed by atoms with Gasteiger partial charge in [-0.3, -0.25) is 4.79 Å². The number of ether oxygens (including phenoxy) is 1. The SMILES string of the molecule is Cn1c(SCC(=O)NN=Cc2ccccc2OCc2ccc(Br)cc2)nnc1-c1ccccc1. The number of nitrogens with zero attached hydrogens (tertiary/aromatic N) is 4.